The van der Waals surface area contributed by atoms with Crippen molar-refractivity contribution in [2.24, 2.45) is 5.73 Å². The lowest BCUT2D eigenvalue weighted by Gasteiger charge is -2.07. The molecule has 1 aromatic carbocycles. The van der Waals surface area contributed by atoms with Crippen molar-refractivity contribution < 1.29 is 17.2 Å². The lowest BCUT2D eigenvalue weighted by molar-refractivity contribution is 0.451. The number of benzene rings is 1. The first-order chi connectivity index (χ1) is 9.96. The molecule has 8 heteroatoms. The zero-order chi connectivity index (χ0) is 15.5. The number of halogens is 1. The molecule has 2 rings (SSSR count). The van der Waals surface area contributed by atoms with E-state index in [2.05, 4.69) is 9.71 Å². The maximum atomic E-state index is 13.7. The fraction of sp³-hybridized carbons (Fsp3) is 0.308. The number of oxazole rings is 1. The maximum Gasteiger partial charge on any atom is 0.243 e. The van der Waals surface area contributed by atoms with Crippen LogP contribution in [-0.2, 0) is 29.5 Å². The van der Waals surface area contributed by atoms with Crippen LogP contribution in [0.3, 0.4) is 0 Å². The van der Waals surface area contributed by atoms with E-state index in [9.17, 15) is 12.8 Å². The van der Waals surface area contributed by atoms with E-state index >= 15 is 0 Å². The Kier molecular flexibility index (Phi) is 4.71. The van der Waals surface area contributed by atoms with Gasteiger partial charge < -0.3 is 10.2 Å². The number of aromatic nitrogens is 1. The molecule has 0 saturated heterocycles. The van der Waals surface area contributed by atoms with Crippen LogP contribution < -0.4 is 10.5 Å². The lowest BCUT2D eigenvalue weighted by Crippen LogP contribution is -2.24. The quantitative estimate of drug-likeness (QED) is 0.838. The summed E-state index contributed by atoms with van der Waals surface area (Å²) in [6, 6.07) is 3.73. The third-order valence-corrected chi connectivity index (χ3v) is 4.30. The molecule has 0 saturated carbocycles. The molecule has 0 aliphatic rings. The van der Waals surface area contributed by atoms with Gasteiger partial charge in [0.1, 0.15) is 16.5 Å². The molecule has 0 amide bonds. The van der Waals surface area contributed by atoms with Crippen molar-refractivity contribution in [3.8, 4) is 0 Å². The molecule has 0 radical (unpaired) electrons. The van der Waals surface area contributed by atoms with Crippen molar-refractivity contribution in [2.75, 3.05) is 0 Å². The number of nitrogens with two attached hydrogens (primary N) is 1. The van der Waals surface area contributed by atoms with Crippen molar-refractivity contribution >= 4 is 10.0 Å². The molecule has 1 heterocycles. The summed E-state index contributed by atoms with van der Waals surface area (Å²) < 4.78 is 45.4. The third-order valence-electron chi connectivity index (χ3n) is 2.88. The summed E-state index contributed by atoms with van der Waals surface area (Å²) in [4.78, 5) is 3.50. The van der Waals surface area contributed by atoms with Gasteiger partial charge in [0.2, 0.25) is 15.9 Å². The van der Waals surface area contributed by atoms with E-state index in [4.69, 9.17) is 10.2 Å². The number of rotatable bonds is 6. The summed E-state index contributed by atoms with van der Waals surface area (Å²) in [5.41, 5.74) is 5.96. The van der Waals surface area contributed by atoms with Crippen LogP contribution in [0.25, 0.3) is 0 Å². The largest absolute Gasteiger partial charge is 0.444 e. The Morgan fingerprint density at radius 3 is 2.81 bits per heavy atom. The number of hydrogen-bond donors (Lipinski definition) is 2. The van der Waals surface area contributed by atoms with Gasteiger partial charge in [0.05, 0.1) is 12.7 Å². The molecule has 1 aromatic heterocycles. The summed E-state index contributed by atoms with van der Waals surface area (Å²) in [7, 11) is -4.00. The van der Waals surface area contributed by atoms with Gasteiger partial charge in [0.15, 0.2) is 0 Å². The van der Waals surface area contributed by atoms with Crippen LogP contribution in [0.5, 0.6) is 0 Å². The molecule has 0 aliphatic carbocycles. The van der Waals surface area contributed by atoms with Gasteiger partial charge in [0.25, 0.3) is 0 Å². The lowest BCUT2D eigenvalue weighted by atomic mass is 10.2. The molecule has 3 N–H and O–H groups in total. The molecular weight excluding hydrogens is 297 g/mol. The zero-order valence-corrected chi connectivity index (χ0v) is 12.3. The molecule has 2 aromatic rings. The second-order valence-corrected chi connectivity index (χ2v) is 6.10. The Labute approximate surface area is 122 Å². The van der Waals surface area contributed by atoms with E-state index in [1.807, 2.05) is 6.92 Å². The Bertz CT molecular complexity index is 728. The van der Waals surface area contributed by atoms with Crippen LogP contribution in [0.1, 0.15) is 24.1 Å². The molecule has 0 bridgehead atoms. The summed E-state index contributed by atoms with van der Waals surface area (Å²) in [5.74, 6) is 0.0488. The summed E-state index contributed by atoms with van der Waals surface area (Å²) in [6.45, 7) is 1.87. The van der Waals surface area contributed by atoms with Gasteiger partial charge in [-0.15, -0.1) is 0 Å². The van der Waals surface area contributed by atoms with Crippen molar-refractivity contribution in [3.05, 3.63) is 47.4 Å². The minimum absolute atomic E-state index is 0.127. The molecule has 0 atom stereocenters. The van der Waals surface area contributed by atoms with Gasteiger partial charge in [0, 0.05) is 13.0 Å². The smallest absolute Gasteiger partial charge is 0.243 e. The summed E-state index contributed by atoms with van der Waals surface area (Å²) >= 11 is 0. The highest BCUT2D eigenvalue weighted by Gasteiger charge is 2.20. The van der Waals surface area contributed by atoms with E-state index in [-0.39, 0.29) is 19.0 Å². The second-order valence-electron chi connectivity index (χ2n) is 4.37. The molecule has 6 nitrogen and oxygen atoms in total. The number of hydrogen-bond acceptors (Lipinski definition) is 5. The fourth-order valence-electron chi connectivity index (χ4n) is 1.71. The molecule has 114 valence electrons. The van der Waals surface area contributed by atoms with Crippen LogP contribution in [0.4, 0.5) is 4.39 Å². The highest BCUT2D eigenvalue weighted by atomic mass is 32.2. The first-order valence-electron chi connectivity index (χ1n) is 6.38. The Morgan fingerprint density at radius 1 is 1.43 bits per heavy atom. The molecule has 21 heavy (non-hydrogen) atoms. The number of aryl methyl sites for hydroxylation is 1. The Morgan fingerprint density at radius 2 is 2.19 bits per heavy atom. The van der Waals surface area contributed by atoms with Crippen molar-refractivity contribution in [3.63, 3.8) is 0 Å². The van der Waals surface area contributed by atoms with Gasteiger partial charge >= 0.3 is 0 Å². The van der Waals surface area contributed by atoms with Crippen LogP contribution in [0.2, 0.25) is 0 Å². The van der Waals surface area contributed by atoms with Gasteiger partial charge in [-0.1, -0.05) is 13.0 Å². The van der Waals surface area contributed by atoms with Crippen molar-refractivity contribution in [2.45, 2.75) is 31.3 Å². The number of nitrogens with zero attached hydrogens (tertiary/aromatic N) is 1. The first-order valence-corrected chi connectivity index (χ1v) is 7.86. The second kappa shape index (κ2) is 6.33. The predicted octanol–water partition coefficient (Wildman–Crippen LogP) is 1.31. The third kappa shape index (κ3) is 3.66. The standard InChI is InChI=1S/C13H16FN3O3S/c1-2-10-7-16-13(20-10)8-17-21(18,19)12-5-9(6-15)3-4-11(12)14/h3-5,7,17H,2,6,8,15H2,1H3. The Balaban J connectivity index is 2.18. The van der Waals surface area contributed by atoms with Crippen LogP contribution >= 0.6 is 0 Å². The summed E-state index contributed by atoms with van der Waals surface area (Å²) in [5, 5.41) is 0. The predicted molar refractivity (Wildman–Crippen MR) is 74.2 cm³/mol. The molecule has 0 unspecified atom stereocenters. The van der Waals surface area contributed by atoms with Gasteiger partial charge in [-0.3, -0.25) is 0 Å². The van der Waals surface area contributed by atoms with E-state index in [0.717, 1.165) is 6.07 Å². The molecule has 0 fully saturated rings. The first kappa shape index (κ1) is 15.6. The maximum absolute atomic E-state index is 13.7. The van der Waals surface area contributed by atoms with E-state index in [1.165, 1.54) is 18.3 Å². The van der Waals surface area contributed by atoms with Crippen molar-refractivity contribution in [1.29, 1.82) is 0 Å². The minimum Gasteiger partial charge on any atom is -0.444 e. The Hall–Kier alpha value is -1.77. The van der Waals surface area contributed by atoms with Gasteiger partial charge in [-0.2, -0.15) is 0 Å². The van der Waals surface area contributed by atoms with Gasteiger partial charge in [-0.05, 0) is 17.7 Å². The van der Waals surface area contributed by atoms with E-state index in [1.54, 1.807) is 0 Å². The van der Waals surface area contributed by atoms with Crippen LogP contribution in [0, 0.1) is 5.82 Å². The SMILES string of the molecule is CCc1cnc(CNS(=O)(=O)c2cc(CN)ccc2F)o1. The van der Waals surface area contributed by atoms with E-state index in [0.29, 0.717) is 17.7 Å². The zero-order valence-electron chi connectivity index (χ0n) is 11.5. The molecular formula is C13H16FN3O3S. The minimum atomic E-state index is -4.00. The monoisotopic (exact) mass is 313 g/mol. The van der Waals surface area contributed by atoms with E-state index < -0.39 is 20.7 Å². The normalized spacial score (nSPS) is 11.8. The number of nitrogens with one attached hydrogen (secondary N) is 1. The highest BCUT2D eigenvalue weighted by molar-refractivity contribution is 7.89. The summed E-state index contributed by atoms with van der Waals surface area (Å²) in [6.07, 6.45) is 2.19. The van der Waals surface area contributed by atoms with Gasteiger partial charge in [-0.25, -0.2) is 22.5 Å². The fourth-order valence-corrected chi connectivity index (χ4v) is 2.81. The average molecular weight is 313 g/mol. The number of sulfonamides is 1. The topological polar surface area (TPSA) is 98.2 Å². The van der Waals surface area contributed by atoms with Crippen LogP contribution in [0.15, 0.2) is 33.7 Å². The van der Waals surface area contributed by atoms with Crippen LogP contribution in [-0.4, -0.2) is 13.4 Å². The average Bonchev–Trinajstić information content (AvgIpc) is 2.94. The molecule has 0 aliphatic heterocycles. The van der Waals surface area contributed by atoms with Crippen molar-refractivity contribution in [1.82, 2.24) is 9.71 Å². The highest BCUT2D eigenvalue weighted by Crippen LogP contribution is 2.16. The molecule has 0 spiro atoms.